The largest absolute Gasteiger partial charge is 0.378 e. The first-order valence-corrected chi connectivity index (χ1v) is 10.4. The maximum absolute atomic E-state index is 12.6. The highest BCUT2D eigenvalue weighted by Gasteiger charge is 2.52. The average Bonchev–Trinajstić information content (AvgIpc) is 3.29. The van der Waals surface area contributed by atoms with Gasteiger partial charge in [0.15, 0.2) is 0 Å². The highest BCUT2D eigenvalue weighted by molar-refractivity contribution is 6.07. The van der Waals surface area contributed by atoms with Crippen molar-refractivity contribution < 1.29 is 19.1 Å². The fourth-order valence-electron chi connectivity index (χ4n) is 4.40. The van der Waals surface area contributed by atoms with Crippen molar-refractivity contribution in [1.82, 2.24) is 10.2 Å². The van der Waals surface area contributed by atoms with Crippen molar-refractivity contribution in [2.75, 3.05) is 43.1 Å². The third-order valence-corrected chi connectivity index (χ3v) is 6.02. The number of nitrogens with zero attached hydrogens (tertiary/aromatic N) is 2. The van der Waals surface area contributed by atoms with Crippen LogP contribution in [0.25, 0.3) is 0 Å². The molecular weight excluding hydrogens is 372 g/mol. The molecule has 1 spiro atoms. The third-order valence-electron chi connectivity index (χ3n) is 6.02. The predicted octanol–water partition coefficient (Wildman–Crippen LogP) is 2.11. The molecule has 2 heterocycles. The summed E-state index contributed by atoms with van der Waals surface area (Å²) in [5.74, 6) is -0.245. The van der Waals surface area contributed by atoms with Crippen LogP contribution in [0, 0.1) is 0 Å². The van der Waals surface area contributed by atoms with Crippen LogP contribution < -0.4 is 15.5 Å². The summed E-state index contributed by atoms with van der Waals surface area (Å²) in [7, 11) is 0. The zero-order valence-electron chi connectivity index (χ0n) is 16.6. The molecule has 4 rings (SSSR count). The number of carbonyl (C=O) groups is 3. The Bertz CT molecular complexity index is 767. The number of benzene rings is 1. The van der Waals surface area contributed by atoms with E-state index in [0.29, 0.717) is 6.42 Å². The van der Waals surface area contributed by atoms with E-state index in [1.54, 1.807) is 0 Å². The number of anilines is 2. The van der Waals surface area contributed by atoms with Crippen molar-refractivity contribution in [3.05, 3.63) is 24.3 Å². The predicted molar refractivity (Wildman–Crippen MR) is 109 cm³/mol. The van der Waals surface area contributed by atoms with Crippen LogP contribution in [0.15, 0.2) is 24.3 Å². The van der Waals surface area contributed by atoms with Crippen molar-refractivity contribution in [1.29, 1.82) is 0 Å². The quantitative estimate of drug-likeness (QED) is 0.714. The molecule has 1 saturated carbocycles. The number of morpholine rings is 1. The zero-order valence-corrected chi connectivity index (χ0v) is 16.6. The maximum atomic E-state index is 12.6. The molecule has 2 aliphatic heterocycles. The van der Waals surface area contributed by atoms with Crippen LogP contribution in [-0.4, -0.2) is 61.1 Å². The van der Waals surface area contributed by atoms with Crippen LogP contribution in [0.4, 0.5) is 16.2 Å². The van der Waals surface area contributed by atoms with Crippen LogP contribution in [0.1, 0.15) is 38.5 Å². The van der Waals surface area contributed by atoms with Crippen LogP contribution in [0.2, 0.25) is 0 Å². The zero-order chi connectivity index (χ0) is 20.3. The standard InChI is InChI=1S/C21H28N4O4/c26-18(22-16-5-7-17(8-6-16)24-12-14-29-15-13-24)4-3-11-25-19(27)21(23-20(25)28)9-1-2-10-21/h5-8H,1-4,9-15H2,(H,22,26)(H,23,28). The van der Waals surface area contributed by atoms with E-state index < -0.39 is 5.54 Å². The minimum atomic E-state index is -0.679. The first kappa shape index (κ1) is 19.7. The highest BCUT2D eigenvalue weighted by atomic mass is 16.5. The second-order valence-electron chi connectivity index (χ2n) is 7.97. The summed E-state index contributed by atoms with van der Waals surface area (Å²) in [4.78, 5) is 40.5. The van der Waals surface area contributed by atoms with Gasteiger partial charge in [0, 0.05) is 37.4 Å². The van der Waals surface area contributed by atoms with Gasteiger partial charge in [-0.15, -0.1) is 0 Å². The van der Waals surface area contributed by atoms with Crippen molar-refractivity contribution in [3.8, 4) is 0 Å². The Hall–Kier alpha value is -2.61. The average molecular weight is 400 g/mol. The Morgan fingerprint density at radius 3 is 2.48 bits per heavy atom. The number of nitrogens with one attached hydrogen (secondary N) is 2. The van der Waals surface area contributed by atoms with Crippen LogP contribution in [-0.2, 0) is 14.3 Å². The van der Waals surface area contributed by atoms with E-state index in [0.717, 1.165) is 63.4 Å². The van der Waals surface area contributed by atoms with Crippen molar-refractivity contribution >= 4 is 29.2 Å². The molecule has 1 aliphatic carbocycles. The van der Waals surface area contributed by atoms with Crippen molar-refractivity contribution in [3.63, 3.8) is 0 Å². The van der Waals surface area contributed by atoms with E-state index in [-0.39, 0.29) is 30.8 Å². The van der Waals surface area contributed by atoms with E-state index in [1.165, 1.54) is 4.90 Å². The van der Waals surface area contributed by atoms with E-state index in [1.807, 2.05) is 24.3 Å². The molecule has 0 aromatic heterocycles. The molecule has 2 saturated heterocycles. The fourth-order valence-corrected chi connectivity index (χ4v) is 4.40. The highest BCUT2D eigenvalue weighted by Crippen LogP contribution is 2.35. The summed E-state index contributed by atoms with van der Waals surface area (Å²) < 4.78 is 5.36. The van der Waals surface area contributed by atoms with Gasteiger partial charge in [0.25, 0.3) is 5.91 Å². The molecule has 0 bridgehead atoms. The van der Waals surface area contributed by atoms with Gasteiger partial charge in [0.05, 0.1) is 13.2 Å². The molecule has 29 heavy (non-hydrogen) atoms. The summed E-state index contributed by atoms with van der Waals surface area (Å²) in [5, 5.41) is 5.75. The fraction of sp³-hybridized carbons (Fsp3) is 0.571. The Morgan fingerprint density at radius 2 is 1.79 bits per heavy atom. The molecule has 3 fully saturated rings. The number of ether oxygens (including phenoxy) is 1. The lowest BCUT2D eigenvalue weighted by Crippen LogP contribution is -2.44. The van der Waals surface area contributed by atoms with Gasteiger partial charge >= 0.3 is 6.03 Å². The molecule has 8 heteroatoms. The van der Waals surface area contributed by atoms with Gasteiger partial charge in [-0.05, 0) is 43.5 Å². The van der Waals surface area contributed by atoms with E-state index in [4.69, 9.17) is 4.74 Å². The molecule has 1 aromatic rings. The molecule has 2 N–H and O–H groups in total. The smallest absolute Gasteiger partial charge is 0.325 e. The number of hydrogen-bond donors (Lipinski definition) is 2. The minimum Gasteiger partial charge on any atom is -0.378 e. The summed E-state index contributed by atoms with van der Waals surface area (Å²) >= 11 is 0. The van der Waals surface area contributed by atoms with Gasteiger partial charge < -0.3 is 20.3 Å². The van der Waals surface area contributed by atoms with Gasteiger partial charge in [-0.25, -0.2) is 4.79 Å². The van der Waals surface area contributed by atoms with Gasteiger partial charge in [0.2, 0.25) is 5.91 Å². The SMILES string of the molecule is O=C(CCCN1C(=O)NC2(CCCC2)C1=O)Nc1ccc(N2CCOCC2)cc1. The monoisotopic (exact) mass is 400 g/mol. The molecule has 0 radical (unpaired) electrons. The number of urea groups is 1. The first-order valence-electron chi connectivity index (χ1n) is 10.4. The number of carbonyl (C=O) groups excluding carboxylic acids is 3. The van der Waals surface area contributed by atoms with Crippen LogP contribution in [0.3, 0.4) is 0 Å². The van der Waals surface area contributed by atoms with Crippen molar-refractivity contribution in [2.24, 2.45) is 0 Å². The Morgan fingerprint density at radius 1 is 1.10 bits per heavy atom. The Kier molecular flexibility index (Phi) is 5.71. The van der Waals surface area contributed by atoms with E-state index in [9.17, 15) is 14.4 Å². The number of hydrogen-bond acceptors (Lipinski definition) is 5. The van der Waals surface area contributed by atoms with Crippen LogP contribution >= 0.6 is 0 Å². The maximum Gasteiger partial charge on any atom is 0.325 e. The molecule has 0 unspecified atom stereocenters. The summed E-state index contributed by atoms with van der Waals surface area (Å²) in [6.07, 6.45) is 4.07. The minimum absolute atomic E-state index is 0.119. The number of imide groups is 1. The Labute approximate surface area is 170 Å². The molecule has 156 valence electrons. The van der Waals surface area contributed by atoms with Crippen molar-refractivity contribution in [2.45, 2.75) is 44.1 Å². The molecule has 3 aliphatic rings. The molecule has 4 amide bonds. The molecule has 8 nitrogen and oxygen atoms in total. The molecular formula is C21H28N4O4. The van der Waals surface area contributed by atoms with E-state index in [2.05, 4.69) is 15.5 Å². The van der Waals surface area contributed by atoms with E-state index >= 15 is 0 Å². The normalized spacial score (nSPS) is 21.0. The topological polar surface area (TPSA) is 91.0 Å². The van der Waals surface area contributed by atoms with Gasteiger partial charge in [-0.1, -0.05) is 12.8 Å². The van der Waals surface area contributed by atoms with Gasteiger partial charge in [0.1, 0.15) is 5.54 Å². The number of rotatable bonds is 6. The van der Waals surface area contributed by atoms with Gasteiger partial charge in [-0.2, -0.15) is 0 Å². The molecule has 0 atom stereocenters. The van der Waals surface area contributed by atoms with Crippen LogP contribution in [0.5, 0.6) is 0 Å². The summed E-state index contributed by atoms with van der Waals surface area (Å²) in [6.45, 7) is 3.48. The second kappa shape index (κ2) is 8.41. The lowest BCUT2D eigenvalue weighted by atomic mass is 9.98. The summed E-state index contributed by atoms with van der Waals surface area (Å²) in [6, 6.07) is 7.45. The second-order valence-corrected chi connectivity index (χ2v) is 7.97. The lowest BCUT2D eigenvalue weighted by molar-refractivity contribution is -0.131. The van der Waals surface area contributed by atoms with Gasteiger partial charge in [-0.3, -0.25) is 14.5 Å². The Balaban J connectivity index is 1.23. The number of amides is 4. The lowest BCUT2D eigenvalue weighted by Gasteiger charge is -2.28. The third kappa shape index (κ3) is 4.22. The summed E-state index contributed by atoms with van der Waals surface area (Å²) in [5.41, 5.74) is 1.18. The molecule has 1 aromatic carbocycles. The first-order chi connectivity index (χ1) is 14.1.